The number of halogens is 3. The smallest absolute Gasteiger partial charge is 0.377 e. The summed E-state index contributed by atoms with van der Waals surface area (Å²) in [7, 11) is 1.66. The second kappa shape index (κ2) is 10.5. The molecule has 5 nitrogen and oxygen atoms in total. The highest BCUT2D eigenvalue weighted by Gasteiger charge is 2.34. The Bertz CT molecular complexity index is 607. The molecule has 1 aromatic rings. The zero-order chi connectivity index (χ0) is 19.7. The van der Waals surface area contributed by atoms with Gasteiger partial charge in [0.25, 0.3) is 0 Å². The molecule has 1 unspecified atom stereocenters. The van der Waals surface area contributed by atoms with Crippen LogP contribution in [0.3, 0.4) is 0 Å². The molecule has 2 rings (SSSR count). The van der Waals surface area contributed by atoms with Crippen LogP contribution < -0.4 is 10.6 Å². The third-order valence-corrected chi connectivity index (χ3v) is 4.41. The Morgan fingerprint density at radius 1 is 1.30 bits per heavy atom. The van der Waals surface area contributed by atoms with E-state index in [1.54, 1.807) is 7.05 Å². The van der Waals surface area contributed by atoms with Gasteiger partial charge < -0.3 is 15.4 Å². The summed E-state index contributed by atoms with van der Waals surface area (Å²) in [6, 6.07) is 7.99. The molecule has 2 N–H and O–H groups in total. The number of benzene rings is 1. The van der Waals surface area contributed by atoms with E-state index >= 15 is 0 Å². The Labute approximate surface area is 159 Å². The molecule has 0 aromatic heterocycles. The maximum atomic E-state index is 12.5. The summed E-state index contributed by atoms with van der Waals surface area (Å²) >= 11 is 0. The summed E-state index contributed by atoms with van der Waals surface area (Å²) in [4.78, 5) is 5.62. The van der Waals surface area contributed by atoms with Gasteiger partial charge in [0.15, 0.2) is 5.96 Å². The quantitative estimate of drug-likeness (QED) is 0.410. The summed E-state index contributed by atoms with van der Waals surface area (Å²) in [6.07, 6.45) is -2.51. The van der Waals surface area contributed by atoms with Crippen LogP contribution in [0.25, 0.3) is 0 Å². The van der Waals surface area contributed by atoms with Crippen LogP contribution in [-0.4, -0.2) is 56.4 Å². The minimum Gasteiger partial charge on any atom is -0.377 e. The van der Waals surface area contributed by atoms with E-state index < -0.39 is 12.7 Å². The molecular formula is C19H29F3N4O. The van der Waals surface area contributed by atoms with Crippen LogP contribution in [0.4, 0.5) is 13.2 Å². The van der Waals surface area contributed by atoms with E-state index in [4.69, 9.17) is 4.74 Å². The number of guanidine groups is 1. The molecule has 0 bridgehead atoms. The topological polar surface area (TPSA) is 48.9 Å². The Balaban J connectivity index is 1.83. The molecule has 1 fully saturated rings. The zero-order valence-corrected chi connectivity index (χ0v) is 16.0. The highest BCUT2D eigenvalue weighted by atomic mass is 19.4. The van der Waals surface area contributed by atoms with Crippen LogP contribution in [0.2, 0.25) is 0 Å². The predicted molar refractivity (Wildman–Crippen MR) is 101 cm³/mol. The van der Waals surface area contributed by atoms with E-state index in [1.807, 2.05) is 24.3 Å². The van der Waals surface area contributed by atoms with Crippen LogP contribution in [0.1, 0.15) is 30.9 Å². The van der Waals surface area contributed by atoms with Crippen molar-refractivity contribution in [3.63, 3.8) is 0 Å². The van der Waals surface area contributed by atoms with Gasteiger partial charge in [-0.15, -0.1) is 0 Å². The average molecular weight is 386 g/mol. The molecule has 0 saturated carbocycles. The molecule has 0 spiro atoms. The first-order chi connectivity index (χ1) is 12.9. The van der Waals surface area contributed by atoms with Crippen molar-refractivity contribution in [2.75, 3.05) is 33.3 Å². The van der Waals surface area contributed by atoms with Gasteiger partial charge in [0, 0.05) is 39.3 Å². The highest BCUT2D eigenvalue weighted by Crippen LogP contribution is 2.20. The van der Waals surface area contributed by atoms with Gasteiger partial charge in [0.05, 0.1) is 13.2 Å². The molecular weight excluding hydrogens is 357 g/mol. The lowest BCUT2D eigenvalue weighted by atomic mass is 10.1. The van der Waals surface area contributed by atoms with Crippen molar-refractivity contribution in [2.24, 2.45) is 4.99 Å². The molecule has 1 saturated heterocycles. The van der Waals surface area contributed by atoms with Gasteiger partial charge in [0.1, 0.15) is 0 Å². The molecule has 0 aliphatic carbocycles. The summed E-state index contributed by atoms with van der Waals surface area (Å²) < 4.78 is 43.2. The lowest BCUT2D eigenvalue weighted by Gasteiger charge is -2.20. The van der Waals surface area contributed by atoms with Crippen LogP contribution in [0.5, 0.6) is 0 Å². The summed E-state index contributed by atoms with van der Waals surface area (Å²) in [5.74, 6) is 0.595. The number of likely N-dealkylation sites (tertiary alicyclic amines) is 1. The molecule has 0 radical (unpaired) electrons. The molecule has 8 heteroatoms. The van der Waals surface area contributed by atoms with Crippen molar-refractivity contribution in [1.29, 1.82) is 0 Å². The van der Waals surface area contributed by atoms with Crippen molar-refractivity contribution in [3.8, 4) is 0 Å². The van der Waals surface area contributed by atoms with Crippen molar-refractivity contribution < 1.29 is 17.9 Å². The number of nitrogens with zero attached hydrogens (tertiary/aromatic N) is 2. The number of aliphatic imine (C=N–C) groups is 1. The number of alkyl halides is 3. The third kappa shape index (κ3) is 7.76. The van der Waals surface area contributed by atoms with E-state index in [0.29, 0.717) is 38.6 Å². The van der Waals surface area contributed by atoms with Crippen LogP contribution in [-0.2, 0) is 17.9 Å². The van der Waals surface area contributed by atoms with Crippen LogP contribution in [0, 0.1) is 0 Å². The van der Waals surface area contributed by atoms with E-state index in [9.17, 15) is 13.2 Å². The second-order valence-electron chi connectivity index (χ2n) is 6.73. The number of hydrogen-bond donors (Lipinski definition) is 2. The number of rotatable bonds is 8. The minimum atomic E-state index is -4.15. The lowest BCUT2D eigenvalue weighted by Crippen LogP contribution is -2.45. The van der Waals surface area contributed by atoms with Crippen molar-refractivity contribution >= 4 is 5.96 Å². The number of ether oxygens (including phenoxy) is 1. The van der Waals surface area contributed by atoms with Gasteiger partial charge in [-0.05, 0) is 24.0 Å². The van der Waals surface area contributed by atoms with Gasteiger partial charge in [0.2, 0.25) is 0 Å². The maximum absolute atomic E-state index is 12.5. The van der Waals surface area contributed by atoms with Gasteiger partial charge >= 0.3 is 6.18 Å². The third-order valence-electron chi connectivity index (χ3n) is 4.41. The minimum absolute atomic E-state index is 0.0401. The fraction of sp³-hybridized carbons (Fsp3) is 0.632. The molecule has 1 aliphatic rings. The molecule has 1 heterocycles. The number of nitrogens with one attached hydrogen (secondary N) is 2. The second-order valence-corrected chi connectivity index (χ2v) is 6.73. The highest BCUT2D eigenvalue weighted by molar-refractivity contribution is 5.80. The van der Waals surface area contributed by atoms with E-state index in [2.05, 4.69) is 22.5 Å². The average Bonchev–Trinajstić information content (AvgIpc) is 3.04. The monoisotopic (exact) mass is 386 g/mol. The molecule has 152 valence electrons. The largest absolute Gasteiger partial charge is 0.401 e. The lowest BCUT2D eigenvalue weighted by molar-refractivity contribution is -0.143. The maximum Gasteiger partial charge on any atom is 0.401 e. The van der Waals surface area contributed by atoms with Crippen LogP contribution >= 0.6 is 0 Å². The Morgan fingerprint density at radius 3 is 2.70 bits per heavy atom. The first-order valence-corrected chi connectivity index (χ1v) is 9.32. The Kier molecular flexibility index (Phi) is 8.37. The van der Waals surface area contributed by atoms with E-state index in [-0.39, 0.29) is 6.04 Å². The van der Waals surface area contributed by atoms with Gasteiger partial charge in [-0.2, -0.15) is 13.2 Å². The standard InChI is InChI=1S/C19H29F3N4O/c1-3-10-27-13-16-7-5-4-6-15(16)11-24-18(23-2)25-17-8-9-26(12-17)14-19(20,21)22/h4-7,17H,3,8-14H2,1-2H3,(H2,23,24,25). The first-order valence-electron chi connectivity index (χ1n) is 9.32. The predicted octanol–water partition coefficient (Wildman–Crippen LogP) is 2.91. The van der Waals surface area contributed by atoms with Crippen molar-refractivity contribution in [1.82, 2.24) is 15.5 Å². The first kappa shape index (κ1) is 21.5. The van der Waals surface area contributed by atoms with Gasteiger partial charge in [-0.25, -0.2) is 0 Å². The summed E-state index contributed by atoms with van der Waals surface area (Å²) in [5, 5.41) is 6.47. The SMILES string of the molecule is CCCOCc1ccccc1CNC(=NC)NC1CCN(CC(F)(F)F)C1. The molecule has 1 aromatic carbocycles. The summed E-state index contributed by atoms with van der Waals surface area (Å²) in [5.41, 5.74) is 2.23. The van der Waals surface area contributed by atoms with Crippen molar-refractivity contribution in [3.05, 3.63) is 35.4 Å². The van der Waals surface area contributed by atoms with Crippen molar-refractivity contribution in [2.45, 2.75) is 45.1 Å². The Hall–Kier alpha value is -1.80. The van der Waals surface area contributed by atoms with Crippen LogP contribution in [0.15, 0.2) is 29.3 Å². The number of hydrogen-bond acceptors (Lipinski definition) is 3. The Morgan fingerprint density at radius 2 is 2.04 bits per heavy atom. The van der Waals surface area contributed by atoms with E-state index in [0.717, 1.165) is 24.2 Å². The normalized spacial score (nSPS) is 18.7. The van der Waals surface area contributed by atoms with Gasteiger partial charge in [-0.1, -0.05) is 31.2 Å². The zero-order valence-electron chi connectivity index (χ0n) is 16.0. The summed E-state index contributed by atoms with van der Waals surface area (Å²) in [6.45, 7) is 3.87. The molecule has 27 heavy (non-hydrogen) atoms. The van der Waals surface area contributed by atoms with E-state index in [1.165, 1.54) is 4.90 Å². The fourth-order valence-corrected chi connectivity index (χ4v) is 3.11. The molecule has 1 aliphatic heterocycles. The molecule has 0 amide bonds. The van der Waals surface area contributed by atoms with Gasteiger partial charge in [-0.3, -0.25) is 9.89 Å². The molecule has 1 atom stereocenters. The fourth-order valence-electron chi connectivity index (χ4n) is 3.11.